The van der Waals surface area contributed by atoms with Crippen LogP contribution < -0.4 is 16.0 Å². The van der Waals surface area contributed by atoms with E-state index >= 15 is 0 Å². The van der Waals surface area contributed by atoms with E-state index in [4.69, 9.17) is 21.9 Å². The van der Waals surface area contributed by atoms with Crippen LogP contribution in [0.25, 0.3) is 0 Å². The topological polar surface area (TPSA) is 60.4 Å². The van der Waals surface area contributed by atoms with Gasteiger partial charge >= 0.3 is 6.36 Å². The van der Waals surface area contributed by atoms with Crippen LogP contribution in [0.15, 0.2) is 40.8 Å². The van der Waals surface area contributed by atoms with Gasteiger partial charge in [-0.3, -0.25) is 5.84 Å². The molecule has 1 heterocycles. The van der Waals surface area contributed by atoms with E-state index in [0.717, 1.165) is 0 Å². The Morgan fingerprint density at radius 1 is 1.20 bits per heavy atom. The first-order valence-electron chi connectivity index (χ1n) is 5.47. The largest absolute Gasteiger partial charge is 0.573 e. The molecule has 1 atom stereocenters. The highest BCUT2D eigenvalue weighted by Crippen LogP contribution is 2.34. The van der Waals surface area contributed by atoms with E-state index in [9.17, 15) is 13.2 Å². The third-order valence-corrected chi connectivity index (χ3v) is 2.70. The number of ether oxygens (including phenoxy) is 1. The molecule has 0 amide bonds. The Kier molecular flexibility index (Phi) is 4.22. The first-order valence-corrected chi connectivity index (χ1v) is 5.84. The van der Waals surface area contributed by atoms with Crippen LogP contribution in [0.2, 0.25) is 5.22 Å². The van der Waals surface area contributed by atoms with E-state index in [1.807, 2.05) is 0 Å². The third-order valence-electron chi connectivity index (χ3n) is 2.50. The van der Waals surface area contributed by atoms with Crippen molar-refractivity contribution < 1.29 is 22.3 Å². The molecular weight excluding hydrogens is 297 g/mol. The Bertz CT molecular complexity index is 586. The van der Waals surface area contributed by atoms with Crippen LogP contribution in [0.5, 0.6) is 5.75 Å². The van der Waals surface area contributed by atoms with Gasteiger partial charge in [-0.25, -0.2) is 5.43 Å². The summed E-state index contributed by atoms with van der Waals surface area (Å²) in [7, 11) is 0. The van der Waals surface area contributed by atoms with Crippen molar-refractivity contribution in [1.29, 1.82) is 0 Å². The molecular formula is C12H10ClF3N2O2. The van der Waals surface area contributed by atoms with Crippen LogP contribution in [0.4, 0.5) is 13.2 Å². The second kappa shape index (κ2) is 5.74. The van der Waals surface area contributed by atoms with Crippen molar-refractivity contribution in [2.45, 2.75) is 12.4 Å². The molecule has 0 aliphatic carbocycles. The van der Waals surface area contributed by atoms with E-state index in [-0.39, 0.29) is 22.3 Å². The van der Waals surface area contributed by atoms with Gasteiger partial charge in [-0.1, -0.05) is 18.2 Å². The maximum Gasteiger partial charge on any atom is 0.573 e. The molecule has 4 nitrogen and oxygen atoms in total. The lowest BCUT2D eigenvalue weighted by molar-refractivity contribution is -0.275. The molecule has 0 aliphatic heterocycles. The van der Waals surface area contributed by atoms with Crippen LogP contribution in [0, 0.1) is 0 Å². The second-order valence-electron chi connectivity index (χ2n) is 3.83. The van der Waals surface area contributed by atoms with Gasteiger partial charge in [0.2, 0.25) is 0 Å². The Morgan fingerprint density at radius 2 is 1.90 bits per heavy atom. The standard InChI is InChI=1S/C12H10ClF3N2O2/c13-10-6-5-9(19-10)11(18-17)7-3-1-2-4-8(7)20-12(14,15)16/h1-6,11,18H,17H2. The van der Waals surface area contributed by atoms with Gasteiger partial charge in [0.1, 0.15) is 17.6 Å². The molecule has 1 unspecified atom stereocenters. The minimum absolute atomic E-state index is 0.106. The lowest BCUT2D eigenvalue weighted by Gasteiger charge is -2.18. The number of benzene rings is 1. The summed E-state index contributed by atoms with van der Waals surface area (Å²) in [6, 6.07) is 7.78. The lowest BCUT2D eigenvalue weighted by Crippen LogP contribution is -2.29. The number of furan rings is 1. The molecule has 1 aromatic heterocycles. The maximum absolute atomic E-state index is 12.4. The zero-order valence-electron chi connectivity index (χ0n) is 9.95. The number of hydrazine groups is 1. The summed E-state index contributed by atoms with van der Waals surface area (Å²) in [5, 5.41) is 0.106. The number of rotatable bonds is 4. The van der Waals surface area contributed by atoms with E-state index < -0.39 is 12.4 Å². The molecule has 20 heavy (non-hydrogen) atoms. The fourth-order valence-corrected chi connectivity index (χ4v) is 1.90. The summed E-state index contributed by atoms with van der Waals surface area (Å²) in [5.41, 5.74) is 2.55. The predicted octanol–water partition coefficient (Wildman–Crippen LogP) is 3.38. The molecule has 2 rings (SSSR count). The number of halogens is 4. The quantitative estimate of drug-likeness (QED) is 0.671. The monoisotopic (exact) mass is 306 g/mol. The van der Waals surface area contributed by atoms with Crippen molar-refractivity contribution in [2.24, 2.45) is 5.84 Å². The summed E-state index contributed by atoms with van der Waals surface area (Å²) in [4.78, 5) is 0. The first-order chi connectivity index (χ1) is 9.40. The molecule has 0 radical (unpaired) electrons. The maximum atomic E-state index is 12.4. The van der Waals surface area contributed by atoms with Gasteiger partial charge in [0.15, 0.2) is 5.22 Å². The number of hydrogen-bond acceptors (Lipinski definition) is 4. The molecule has 2 aromatic rings. The van der Waals surface area contributed by atoms with Crippen molar-refractivity contribution in [3.63, 3.8) is 0 Å². The van der Waals surface area contributed by atoms with Crippen molar-refractivity contribution in [3.05, 3.63) is 52.9 Å². The molecule has 0 bridgehead atoms. The van der Waals surface area contributed by atoms with Crippen LogP contribution in [-0.2, 0) is 0 Å². The smallest absolute Gasteiger partial charge is 0.448 e. The second-order valence-corrected chi connectivity index (χ2v) is 4.20. The lowest BCUT2D eigenvalue weighted by atomic mass is 10.0. The molecule has 0 fully saturated rings. The summed E-state index contributed by atoms with van der Waals surface area (Å²) in [6.45, 7) is 0. The SMILES string of the molecule is NNC(c1ccc(Cl)o1)c1ccccc1OC(F)(F)F. The van der Waals surface area contributed by atoms with Crippen LogP contribution >= 0.6 is 11.6 Å². The highest BCUT2D eigenvalue weighted by molar-refractivity contribution is 6.28. The molecule has 1 aromatic carbocycles. The predicted molar refractivity (Wildman–Crippen MR) is 66.0 cm³/mol. The molecule has 0 spiro atoms. The zero-order chi connectivity index (χ0) is 14.8. The van der Waals surface area contributed by atoms with Gasteiger partial charge in [-0.05, 0) is 29.8 Å². The summed E-state index contributed by atoms with van der Waals surface area (Å²) < 4.78 is 46.3. The van der Waals surface area contributed by atoms with Crippen LogP contribution in [0.3, 0.4) is 0 Å². The number of hydrogen-bond donors (Lipinski definition) is 2. The molecule has 8 heteroatoms. The minimum Gasteiger partial charge on any atom is -0.448 e. The molecule has 0 saturated heterocycles. The Morgan fingerprint density at radius 3 is 2.45 bits per heavy atom. The first kappa shape index (κ1) is 14.7. The Labute approximate surface area is 117 Å². The van der Waals surface area contributed by atoms with Gasteiger partial charge in [0, 0.05) is 5.56 Å². The fourth-order valence-electron chi connectivity index (χ4n) is 1.75. The Balaban J connectivity index is 2.39. The van der Waals surface area contributed by atoms with Gasteiger partial charge in [-0.2, -0.15) is 0 Å². The van der Waals surface area contributed by atoms with E-state index in [1.165, 1.54) is 30.3 Å². The summed E-state index contributed by atoms with van der Waals surface area (Å²) >= 11 is 5.65. The highest BCUT2D eigenvalue weighted by atomic mass is 35.5. The molecule has 3 N–H and O–H groups in total. The van der Waals surface area contributed by atoms with Gasteiger partial charge in [-0.15, -0.1) is 13.2 Å². The van der Waals surface area contributed by atoms with Crippen LogP contribution in [0.1, 0.15) is 17.4 Å². The molecule has 0 aliphatic rings. The third kappa shape index (κ3) is 3.44. The summed E-state index contributed by atoms with van der Waals surface area (Å²) in [6.07, 6.45) is -4.80. The summed E-state index contributed by atoms with van der Waals surface area (Å²) in [5.74, 6) is 5.30. The normalized spacial score (nSPS) is 13.2. The zero-order valence-corrected chi connectivity index (χ0v) is 10.7. The number of alkyl halides is 3. The highest BCUT2D eigenvalue weighted by Gasteiger charge is 2.33. The van der Waals surface area contributed by atoms with Crippen molar-refractivity contribution >= 4 is 11.6 Å². The fraction of sp³-hybridized carbons (Fsp3) is 0.167. The van der Waals surface area contributed by atoms with Gasteiger partial charge < -0.3 is 9.15 Å². The minimum atomic E-state index is -4.80. The number of nitrogens with one attached hydrogen (secondary N) is 1. The molecule has 0 saturated carbocycles. The van der Waals surface area contributed by atoms with Gasteiger partial charge in [0.25, 0.3) is 0 Å². The van der Waals surface area contributed by atoms with Crippen molar-refractivity contribution in [3.8, 4) is 5.75 Å². The van der Waals surface area contributed by atoms with E-state index in [2.05, 4.69) is 10.2 Å². The number of para-hydroxylation sites is 1. The van der Waals surface area contributed by atoms with Crippen LogP contribution in [-0.4, -0.2) is 6.36 Å². The Hall–Kier alpha value is -1.70. The average Bonchev–Trinajstić information content (AvgIpc) is 2.77. The van der Waals surface area contributed by atoms with Crippen molar-refractivity contribution in [1.82, 2.24) is 5.43 Å². The van der Waals surface area contributed by atoms with E-state index in [1.54, 1.807) is 6.07 Å². The number of nitrogens with two attached hydrogens (primary N) is 1. The van der Waals surface area contributed by atoms with Gasteiger partial charge in [0.05, 0.1) is 0 Å². The average molecular weight is 307 g/mol. The molecule has 108 valence electrons. The van der Waals surface area contributed by atoms with Crippen molar-refractivity contribution in [2.75, 3.05) is 0 Å². The van der Waals surface area contributed by atoms with E-state index in [0.29, 0.717) is 0 Å².